The molecule has 0 unspecified atom stereocenters. The topological polar surface area (TPSA) is 117 Å². The van der Waals surface area contributed by atoms with E-state index in [-0.39, 0.29) is 44.6 Å². The third-order valence-electron chi connectivity index (χ3n) is 3.23. The highest BCUT2D eigenvalue weighted by Gasteiger charge is 2.09. The smallest absolute Gasteiger partial charge is 0.171 e. The molecule has 0 fully saturated rings. The molecule has 2 rings (SSSR count). The highest BCUT2D eigenvalue weighted by atomic mass is 79.9. The number of phenolic OH excluding ortho intramolecular Hbond substituents is 4. The van der Waals surface area contributed by atoms with Crippen molar-refractivity contribution in [1.82, 2.24) is 5.32 Å². The Kier molecular flexibility index (Phi) is 5.85. The summed E-state index contributed by atoms with van der Waals surface area (Å²) in [6.45, 7) is 0.246. The van der Waals surface area contributed by atoms with Crippen LogP contribution in [0, 0.1) is 11.3 Å². The number of hydrogen-bond donors (Lipinski definition) is 5. The van der Waals surface area contributed by atoms with Gasteiger partial charge in [-0.1, -0.05) is 18.3 Å². The molecule has 2 aromatic rings. The fourth-order valence-electron chi connectivity index (χ4n) is 1.96. The first-order valence-electron chi connectivity index (χ1n) is 6.94. The van der Waals surface area contributed by atoms with E-state index in [0.29, 0.717) is 11.1 Å². The highest BCUT2D eigenvalue weighted by Crippen LogP contribution is 2.35. The van der Waals surface area contributed by atoms with Crippen LogP contribution in [-0.4, -0.2) is 25.4 Å². The number of nitriles is 1. The molecule has 0 spiro atoms. The predicted molar refractivity (Wildman–Crippen MR) is 100 cm³/mol. The van der Waals surface area contributed by atoms with E-state index in [0.717, 1.165) is 0 Å². The summed E-state index contributed by atoms with van der Waals surface area (Å²) in [6.07, 6.45) is 1.47. The zero-order chi connectivity index (χ0) is 18.6. The molecule has 0 radical (unpaired) electrons. The number of nitrogens with one attached hydrogen (secondary N) is 1. The molecule has 0 saturated heterocycles. The Bertz CT molecular complexity index is 883. The summed E-state index contributed by atoms with van der Waals surface area (Å²) in [4.78, 5) is 0.179. The molecule has 2 aromatic carbocycles. The highest BCUT2D eigenvalue weighted by molar-refractivity contribution is 9.10. The maximum Gasteiger partial charge on any atom is 0.171 e. The zero-order valence-electron chi connectivity index (χ0n) is 12.7. The van der Waals surface area contributed by atoms with E-state index in [4.69, 9.17) is 12.2 Å². The molecule has 0 amide bonds. The van der Waals surface area contributed by atoms with Gasteiger partial charge >= 0.3 is 0 Å². The lowest BCUT2D eigenvalue weighted by molar-refractivity contribution is 0.401. The van der Waals surface area contributed by atoms with E-state index in [1.165, 1.54) is 30.3 Å². The summed E-state index contributed by atoms with van der Waals surface area (Å²) in [7, 11) is 0. The summed E-state index contributed by atoms with van der Waals surface area (Å²) in [5.41, 5.74) is 1.31. The maximum atomic E-state index is 9.62. The summed E-state index contributed by atoms with van der Waals surface area (Å²) in [6, 6.07) is 9.15. The van der Waals surface area contributed by atoms with Crippen molar-refractivity contribution in [1.29, 1.82) is 5.26 Å². The molecule has 25 heavy (non-hydrogen) atoms. The van der Waals surface area contributed by atoms with Gasteiger partial charge in [-0.15, -0.1) is 0 Å². The number of nitrogens with zero attached hydrogens (tertiary/aromatic N) is 1. The Morgan fingerprint density at radius 3 is 2.44 bits per heavy atom. The van der Waals surface area contributed by atoms with Crippen molar-refractivity contribution in [2.45, 2.75) is 6.54 Å². The molecule has 0 aliphatic heterocycles. The van der Waals surface area contributed by atoms with Crippen molar-refractivity contribution < 1.29 is 20.4 Å². The van der Waals surface area contributed by atoms with Gasteiger partial charge in [-0.05, 0) is 57.4 Å². The largest absolute Gasteiger partial charge is 0.504 e. The second-order valence-corrected chi connectivity index (χ2v) is 6.31. The standard InChI is InChI=1S/C17H13BrN2O4S/c18-12-4-10(6-15(23)16(12)24)3-11(7-19)17(25)20-8-9-1-2-13(21)14(22)5-9/h1-6,21-24H,8H2,(H,20,25)/b11-3-. The van der Waals surface area contributed by atoms with Gasteiger partial charge in [0.2, 0.25) is 0 Å². The van der Waals surface area contributed by atoms with Crippen LogP contribution in [0.1, 0.15) is 11.1 Å². The third-order valence-corrected chi connectivity index (χ3v) is 4.20. The number of thiocarbonyl (C=S) groups is 1. The van der Waals surface area contributed by atoms with Gasteiger partial charge in [0.25, 0.3) is 0 Å². The number of aromatic hydroxyl groups is 4. The Hall–Kier alpha value is -2.76. The van der Waals surface area contributed by atoms with Crippen LogP contribution in [-0.2, 0) is 6.54 Å². The second kappa shape index (κ2) is 7.88. The van der Waals surface area contributed by atoms with Gasteiger partial charge in [0.05, 0.1) is 10.0 Å². The van der Waals surface area contributed by atoms with Crippen molar-refractivity contribution >= 4 is 39.2 Å². The number of hydrogen-bond acceptors (Lipinski definition) is 6. The average Bonchev–Trinajstić information content (AvgIpc) is 2.58. The molecule has 8 heteroatoms. The normalized spacial score (nSPS) is 11.0. The summed E-state index contributed by atoms with van der Waals surface area (Å²) in [5, 5.41) is 50.1. The summed E-state index contributed by atoms with van der Waals surface area (Å²) < 4.78 is 0.287. The van der Waals surface area contributed by atoms with Crippen molar-refractivity contribution in [3.63, 3.8) is 0 Å². The average molecular weight is 421 g/mol. The maximum absolute atomic E-state index is 9.62. The van der Waals surface area contributed by atoms with Crippen LogP contribution < -0.4 is 5.32 Å². The fourth-order valence-corrected chi connectivity index (χ4v) is 2.60. The first-order valence-corrected chi connectivity index (χ1v) is 8.14. The molecular formula is C17H13BrN2O4S. The van der Waals surface area contributed by atoms with E-state index in [1.807, 2.05) is 6.07 Å². The zero-order valence-corrected chi connectivity index (χ0v) is 15.1. The lowest BCUT2D eigenvalue weighted by atomic mass is 10.1. The molecule has 5 N–H and O–H groups in total. The van der Waals surface area contributed by atoms with E-state index in [2.05, 4.69) is 21.2 Å². The van der Waals surface area contributed by atoms with Crippen molar-refractivity contribution in [3.05, 3.63) is 51.5 Å². The van der Waals surface area contributed by atoms with Crippen LogP contribution in [0.3, 0.4) is 0 Å². The van der Waals surface area contributed by atoms with Gasteiger partial charge in [0.15, 0.2) is 23.0 Å². The predicted octanol–water partition coefficient (Wildman–Crippen LogP) is 3.30. The molecule has 0 saturated carbocycles. The number of halogens is 1. The lowest BCUT2D eigenvalue weighted by Crippen LogP contribution is -2.22. The monoisotopic (exact) mass is 420 g/mol. The first kappa shape index (κ1) is 18.6. The van der Waals surface area contributed by atoms with E-state index < -0.39 is 0 Å². The molecular weight excluding hydrogens is 408 g/mol. The molecule has 0 aromatic heterocycles. The Morgan fingerprint density at radius 2 is 1.84 bits per heavy atom. The van der Waals surface area contributed by atoms with Crippen LogP contribution in [0.25, 0.3) is 6.08 Å². The molecule has 128 valence electrons. The van der Waals surface area contributed by atoms with Crippen molar-refractivity contribution in [3.8, 4) is 29.1 Å². The Balaban J connectivity index is 2.15. The van der Waals surface area contributed by atoms with Gasteiger partial charge in [-0.3, -0.25) is 0 Å². The van der Waals surface area contributed by atoms with E-state index in [9.17, 15) is 25.7 Å². The Morgan fingerprint density at radius 1 is 1.12 bits per heavy atom. The van der Waals surface area contributed by atoms with Gasteiger partial charge < -0.3 is 25.7 Å². The Labute approximate surface area is 157 Å². The van der Waals surface area contributed by atoms with Crippen LogP contribution in [0.5, 0.6) is 23.0 Å². The minimum atomic E-state index is -0.323. The number of benzene rings is 2. The van der Waals surface area contributed by atoms with Crippen LogP contribution in [0.2, 0.25) is 0 Å². The number of rotatable bonds is 4. The van der Waals surface area contributed by atoms with Crippen LogP contribution in [0.4, 0.5) is 0 Å². The van der Waals surface area contributed by atoms with Gasteiger partial charge in [-0.2, -0.15) is 5.26 Å². The SMILES string of the molecule is N#C/C(=C/c1cc(O)c(O)c(Br)c1)C(=S)NCc1ccc(O)c(O)c1. The van der Waals surface area contributed by atoms with Crippen molar-refractivity contribution in [2.75, 3.05) is 0 Å². The fraction of sp³-hybridized carbons (Fsp3) is 0.0588. The van der Waals surface area contributed by atoms with Gasteiger partial charge in [-0.25, -0.2) is 0 Å². The van der Waals surface area contributed by atoms with Gasteiger partial charge in [0.1, 0.15) is 11.1 Å². The summed E-state index contributed by atoms with van der Waals surface area (Å²) >= 11 is 8.29. The molecule has 0 bridgehead atoms. The summed E-state index contributed by atoms with van der Waals surface area (Å²) in [5.74, 6) is -1.08. The van der Waals surface area contributed by atoms with E-state index >= 15 is 0 Å². The van der Waals surface area contributed by atoms with Crippen molar-refractivity contribution in [2.24, 2.45) is 0 Å². The van der Waals surface area contributed by atoms with Gasteiger partial charge in [0, 0.05) is 6.54 Å². The molecule has 0 aliphatic rings. The minimum absolute atomic E-state index is 0.162. The second-order valence-electron chi connectivity index (χ2n) is 5.05. The van der Waals surface area contributed by atoms with Crippen LogP contribution >= 0.6 is 28.1 Å². The first-order chi connectivity index (χ1) is 11.8. The lowest BCUT2D eigenvalue weighted by Gasteiger charge is -2.09. The van der Waals surface area contributed by atoms with E-state index in [1.54, 1.807) is 6.07 Å². The third kappa shape index (κ3) is 4.62. The molecule has 0 atom stereocenters. The molecule has 0 aliphatic carbocycles. The number of phenols is 4. The minimum Gasteiger partial charge on any atom is -0.504 e. The molecule has 0 heterocycles. The van der Waals surface area contributed by atoms with Crippen LogP contribution in [0.15, 0.2) is 40.4 Å². The quantitative estimate of drug-likeness (QED) is 0.223. The molecule has 6 nitrogen and oxygen atoms in total.